The van der Waals surface area contributed by atoms with Gasteiger partial charge in [-0.3, -0.25) is 4.79 Å². The molecule has 1 aromatic carbocycles. The van der Waals surface area contributed by atoms with E-state index < -0.39 is 0 Å². The molecule has 108 valence electrons. The number of hydrogen-bond donors (Lipinski definition) is 2. The van der Waals surface area contributed by atoms with Gasteiger partial charge in [-0.2, -0.15) is 0 Å². The van der Waals surface area contributed by atoms with Crippen LogP contribution in [-0.4, -0.2) is 21.9 Å². The molecule has 0 saturated heterocycles. The zero-order valence-electron chi connectivity index (χ0n) is 12.2. The van der Waals surface area contributed by atoms with Crippen LogP contribution in [0.4, 0.5) is 11.5 Å². The predicted molar refractivity (Wildman–Crippen MR) is 81.7 cm³/mol. The number of para-hydroxylation sites is 1. The lowest BCUT2D eigenvalue weighted by atomic mass is 10.1. The number of aryl methyl sites for hydroxylation is 2. The zero-order chi connectivity index (χ0) is 14.8. The topological polar surface area (TPSA) is 66.9 Å². The summed E-state index contributed by atoms with van der Waals surface area (Å²) in [5.41, 5.74) is 3.69. The molecule has 0 spiro atoms. The lowest BCUT2D eigenvalue weighted by Crippen LogP contribution is -2.26. The van der Waals surface area contributed by atoms with Crippen molar-refractivity contribution in [2.24, 2.45) is 0 Å². The molecule has 1 aliphatic rings. The number of carbonyl (C=O) groups is 1. The molecule has 1 heterocycles. The Morgan fingerprint density at radius 2 is 1.90 bits per heavy atom. The summed E-state index contributed by atoms with van der Waals surface area (Å²) < 4.78 is 0. The normalized spacial score (nSPS) is 13.8. The van der Waals surface area contributed by atoms with Gasteiger partial charge >= 0.3 is 0 Å². The van der Waals surface area contributed by atoms with Crippen LogP contribution in [0.15, 0.2) is 30.6 Å². The average Bonchev–Trinajstić information content (AvgIpc) is 3.27. The molecule has 1 amide bonds. The first-order chi connectivity index (χ1) is 10.1. The second-order valence-corrected chi connectivity index (χ2v) is 5.43. The van der Waals surface area contributed by atoms with Crippen LogP contribution in [-0.2, 0) is 0 Å². The second kappa shape index (κ2) is 5.52. The van der Waals surface area contributed by atoms with Crippen LogP contribution in [0, 0.1) is 13.8 Å². The van der Waals surface area contributed by atoms with Gasteiger partial charge in [-0.15, -0.1) is 0 Å². The van der Waals surface area contributed by atoms with Gasteiger partial charge in [-0.1, -0.05) is 18.2 Å². The molecule has 0 bridgehead atoms. The Balaban J connectivity index is 1.81. The number of benzene rings is 1. The predicted octanol–water partition coefficient (Wildman–Crippen LogP) is 2.73. The number of hydrogen-bond acceptors (Lipinski definition) is 4. The molecule has 1 aromatic heterocycles. The van der Waals surface area contributed by atoms with Crippen LogP contribution in [0.5, 0.6) is 0 Å². The molecule has 3 rings (SSSR count). The maximum absolute atomic E-state index is 12.0. The SMILES string of the molecule is Cc1cccc(C)c1Nc1cc(C(=O)NC2CC2)ncn1. The Morgan fingerprint density at radius 3 is 2.57 bits per heavy atom. The number of nitrogens with one attached hydrogen (secondary N) is 2. The van der Waals surface area contributed by atoms with E-state index in [0.29, 0.717) is 17.6 Å². The lowest BCUT2D eigenvalue weighted by molar-refractivity contribution is 0.0946. The summed E-state index contributed by atoms with van der Waals surface area (Å²) in [6.45, 7) is 4.08. The lowest BCUT2D eigenvalue weighted by Gasteiger charge is -2.12. The van der Waals surface area contributed by atoms with Gasteiger partial charge in [0, 0.05) is 17.8 Å². The van der Waals surface area contributed by atoms with Crippen LogP contribution in [0.1, 0.15) is 34.5 Å². The van der Waals surface area contributed by atoms with Crippen LogP contribution in [0.25, 0.3) is 0 Å². The summed E-state index contributed by atoms with van der Waals surface area (Å²) in [6.07, 6.45) is 3.53. The molecule has 1 fully saturated rings. The Labute approximate surface area is 123 Å². The quantitative estimate of drug-likeness (QED) is 0.905. The van der Waals surface area contributed by atoms with Gasteiger partial charge in [0.15, 0.2) is 0 Å². The van der Waals surface area contributed by atoms with E-state index in [2.05, 4.69) is 20.6 Å². The molecule has 21 heavy (non-hydrogen) atoms. The highest BCUT2D eigenvalue weighted by Crippen LogP contribution is 2.23. The summed E-state index contributed by atoms with van der Waals surface area (Å²) >= 11 is 0. The molecule has 0 unspecified atom stereocenters. The maximum Gasteiger partial charge on any atom is 0.270 e. The second-order valence-electron chi connectivity index (χ2n) is 5.43. The monoisotopic (exact) mass is 282 g/mol. The van der Waals surface area contributed by atoms with Gasteiger partial charge in [-0.05, 0) is 37.8 Å². The number of nitrogens with zero attached hydrogens (tertiary/aromatic N) is 2. The van der Waals surface area contributed by atoms with E-state index in [-0.39, 0.29) is 5.91 Å². The fraction of sp³-hybridized carbons (Fsp3) is 0.312. The minimum Gasteiger partial charge on any atom is -0.348 e. The maximum atomic E-state index is 12.0. The minimum absolute atomic E-state index is 0.135. The van der Waals surface area contributed by atoms with Crippen molar-refractivity contribution in [1.29, 1.82) is 0 Å². The highest BCUT2D eigenvalue weighted by molar-refractivity contribution is 5.93. The Bertz CT molecular complexity index is 659. The van der Waals surface area contributed by atoms with Gasteiger partial charge in [0.1, 0.15) is 17.8 Å². The van der Waals surface area contributed by atoms with E-state index in [9.17, 15) is 4.79 Å². The fourth-order valence-corrected chi connectivity index (χ4v) is 2.18. The van der Waals surface area contributed by atoms with Crippen molar-refractivity contribution in [1.82, 2.24) is 15.3 Å². The summed E-state index contributed by atoms with van der Waals surface area (Å²) in [6, 6.07) is 8.10. The third kappa shape index (κ3) is 3.18. The van der Waals surface area contributed by atoms with Crippen LogP contribution in [0.3, 0.4) is 0 Å². The van der Waals surface area contributed by atoms with Gasteiger partial charge in [0.2, 0.25) is 0 Å². The number of aromatic nitrogens is 2. The van der Waals surface area contributed by atoms with E-state index in [1.807, 2.05) is 32.0 Å². The third-order valence-corrected chi connectivity index (χ3v) is 3.55. The number of anilines is 2. The van der Waals surface area contributed by atoms with Crippen molar-refractivity contribution in [2.75, 3.05) is 5.32 Å². The van der Waals surface area contributed by atoms with Crippen molar-refractivity contribution < 1.29 is 4.79 Å². The highest BCUT2D eigenvalue weighted by atomic mass is 16.2. The highest BCUT2D eigenvalue weighted by Gasteiger charge is 2.24. The van der Waals surface area contributed by atoms with Crippen molar-refractivity contribution in [2.45, 2.75) is 32.7 Å². The first-order valence-electron chi connectivity index (χ1n) is 7.09. The van der Waals surface area contributed by atoms with E-state index in [0.717, 1.165) is 29.7 Å². The zero-order valence-corrected chi connectivity index (χ0v) is 12.2. The number of carbonyl (C=O) groups excluding carboxylic acids is 1. The van der Waals surface area contributed by atoms with Gasteiger partial charge in [-0.25, -0.2) is 9.97 Å². The number of rotatable bonds is 4. The van der Waals surface area contributed by atoms with Crippen LogP contribution < -0.4 is 10.6 Å². The molecular formula is C16H18N4O. The van der Waals surface area contributed by atoms with Gasteiger partial charge in [0.05, 0.1) is 0 Å². The Kier molecular flexibility index (Phi) is 3.56. The summed E-state index contributed by atoms with van der Waals surface area (Å²) in [5, 5.41) is 6.20. The average molecular weight is 282 g/mol. The van der Waals surface area contributed by atoms with E-state index >= 15 is 0 Å². The summed E-state index contributed by atoms with van der Waals surface area (Å²) in [7, 11) is 0. The van der Waals surface area contributed by atoms with Crippen molar-refractivity contribution in [3.63, 3.8) is 0 Å². The van der Waals surface area contributed by atoms with Crippen LogP contribution in [0.2, 0.25) is 0 Å². The molecule has 0 aliphatic heterocycles. The van der Waals surface area contributed by atoms with Crippen molar-refractivity contribution >= 4 is 17.4 Å². The summed E-state index contributed by atoms with van der Waals surface area (Å²) in [4.78, 5) is 20.2. The van der Waals surface area contributed by atoms with Gasteiger partial charge in [0.25, 0.3) is 5.91 Å². The third-order valence-electron chi connectivity index (χ3n) is 3.55. The molecule has 5 heteroatoms. The van der Waals surface area contributed by atoms with E-state index in [1.54, 1.807) is 6.07 Å². The fourth-order valence-electron chi connectivity index (χ4n) is 2.18. The first kappa shape index (κ1) is 13.5. The number of amides is 1. The van der Waals surface area contributed by atoms with E-state index in [1.165, 1.54) is 6.33 Å². The van der Waals surface area contributed by atoms with Crippen molar-refractivity contribution in [3.05, 3.63) is 47.4 Å². The molecule has 5 nitrogen and oxygen atoms in total. The summed E-state index contributed by atoms with van der Waals surface area (Å²) in [5.74, 6) is 0.493. The standard InChI is InChI=1S/C16H18N4O/c1-10-4-3-5-11(2)15(10)20-14-8-13(17-9-18-14)16(21)19-12-6-7-12/h3-5,8-9,12H,6-7H2,1-2H3,(H,19,21)(H,17,18,20). The van der Waals surface area contributed by atoms with Crippen molar-refractivity contribution in [3.8, 4) is 0 Å². The molecule has 2 N–H and O–H groups in total. The largest absolute Gasteiger partial charge is 0.348 e. The molecule has 1 aliphatic carbocycles. The minimum atomic E-state index is -0.135. The first-order valence-corrected chi connectivity index (χ1v) is 7.09. The molecular weight excluding hydrogens is 264 g/mol. The van der Waals surface area contributed by atoms with Crippen LogP contribution >= 0.6 is 0 Å². The molecule has 0 radical (unpaired) electrons. The molecule has 2 aromatic rings. The molecule has 0 atom stereocenters. The van der Waals surface area contributed by atoms with Gasteiger partial charge < -0.3 is 10.6 Å². The molecule has 1 saturated carbocycles. The van der Waals surface area contributed by atoms with E-state index in [4.69, 9.17) is 0 Å². The Hall–Kier alpha value is -2.43. The smallest absolute Gasteiger partial charge is 0.270 e. The Morgan fingerprint density at radius 1 is 1.19 bits per heavy atom.